The summed E-state index contributed by atoms with van der Waals surface area (Å²) in [6, 6.07) is 40.4. The standard InChI is InChI=1S/C83H68N10O14/c1-7-75(94)85-51-28-67-68(29-52(51)86-76(95)8-2)101-60-37-62-45-22-43(60)20-42-21-44-23-46-25-48-27-49-26-47(24-45)64(105-72-33-56(90-80(99)12-6)54(31-70(72)103-62)88-78(97)10-4)39-66(49)107-74-35-58-57(92-83(93-58)50-18-17-41-16-15-40-14-13-19-84-81(40)82(41)91-50)34-73(74)106-65(48)38-63(46)104-71-32-55(89-79(98)11-5)53(87-77(96)9-3)30-69(71)102-61(44)36-59(42)100-67/h13-19,21-22,25-26,28-39H,7-12,20,23-24,27H2,1-6H3,(H,85,94)(H,86,95)(H,87,96)(H,88,97)(H,89,98)(H,90,99)(H,92,93). The zero-order chi connectivity index (χ0) is 73.5. The van der Waals surface area contributed by atoms with Gasteiger partial charge in [-0.1, -0.05) is 65.8 Å². The van der Waals surface area contributed by atoms with Crippen LogP contribution in [0.25, 0.3) is 44.4 Å². The Labute approximate surface area is 611 Å². The summed E-state index contributed by atoms with van der Waals surface area (Å²) in [4.78, 5) is 99.0. The molecule has 17 rings (SSSR count). The number of imidazole rings is 1. The highest BCUT2D eigenvalue weighted by atomic mass is 16.5. The Morgan fingerprint density at radius 3 is 0.907 bits per heavy atom. The van der Waals surface area contributed by atoms with Crippen molar-refractivity contribution in [3.63, 3.8) is 0 Å². The number of ether oxygens (including phenoxy) is 8. The molecule has 0 radical (unpaired) electrons. The van der Waals surface area contributed by atoms with Gasteiger partial charge in [0.15, 0.2) is 51.8 Å². The van der Waals surface area contributed by atoms with Crippen molar-refractivity contribution in [3.8, 4) is 104 Å². The smallest absolute Gasteiger partial charge is 0.224 e. The molecule has 0 atom stereocenters. The molecule has 0 spiro atoms. The number of carbonyl (C=O) groups is 6. The number of rotatable bonds is 13. The third kappa shape index (κ3) is 12.8. The zero-order valence-corrected chi connectivity index (χ0v) is 58.9. The molecule has 12 aromatic rings. The average molecular weight is 1430 g/mol. The van der Waals surface area contributed by atoms with Gasteiger partial charge in [-0.25, -0.2) is 9.97 Å². The van der Waals surface area contributed by atoms with E-state index in [0.29, 0.717) is 119 Å². The minimum Gasteiger partial charge on any atom is -0.453 e. The molecule has 7 N–H and O–H groups in total. The number of nitrogens with zero attached hydrogens (tertiary/aromatic N) is 3. The Kier molecular flexibility index (Phi) is 16.8. The fourth-order valence-corrected chi connectivity index (χ4v) is 13.6. The third-order valence-corrected chi connectivity index (χ3v) is 19.3. The van der Waals surface area contributed by atoms with Crippen LogP contribution in [0.15, 0.2) is 140 Å². The second-order valence-corrected chi connectivity index (χ2v) is 26.5. The van der Waals surface area contributed by atoms with Crippen LogP contribution in [0.4, 0.5) is 34.1 Å². The summed E-state index contributed by atoms with van der Waals surface area (Å²) < 4.78 is 57.5. The lowest BCUT2D eigenvalue weighted by Gasteiger charge is -2.20. The number of amides is 6. The fourth-order valence-electron chi connectivity index (χ4n) is 13.6. The number of H-pyrrole nitrogens is 1. The Hall–Kier alpha value is -13.5. The Balaban J connectivity index is 0.933. The number of hydrogen-bond acceptors (Lipinski definition) is 17. The van der Waals surface area contributed by atoms with Crippen LogP contribution in [-0.4, -0.2) is 55.4 Å². The summed E-state index contributed by atoms with van der Waals surface area (Å²) in [5.41, 5.74) is 10.1. The van der Waals surface area contributed by atoms with E-state index < -0.39 is 0 Å². The van der Waals surface area contributed by atoms with E-state index in [2.05, 4.69) is 36.9 Å². The minimum atomic E-state index is -0.336. The molecular formula is C83H68N10O14. The molecule has 24 nitrogen and oxygen atoms in total. The van der Waals surface area contributed by atoms with Crippen molar-refractivity contribution in [2.24, 2.45) is 0 Å². The molecule has 0 fully saturated rings. The van der Waals surface area contributed by atoms with Crippen LogP contribution in [0.5, 0.6) is 92.0 Å². The highest BCUT2D eigenvalue weighted by Crippen LogP contribution is 2.55. The summed E-state index contributed by atoms with van der Waals surface area (Å²) in [5, 5.41) is 19.6. The largest absolute Gasteiger partial charge is 0.453 e. The number of pyridine rings is 2. The van der Waals surface area contributed by atoms with E-state index in [-0.39, 0.29) is 180 Å². The first-order valence-electron chi connectivity index (χ1n) is 35.6. The van der Waals surface area contributed by atoms with E-state index in [1.807, 2.05) is 78.9 Å². The Morgan fingerprint density at radius 1 is 0.318 bits per heavy atom. The lowest BCUT2D eigenvalue weighted by molar-refractivity contribution is -0.116. The third-order valence-electron chi connectivity index (χ3n) is 19.3. The van der Waals surface area contributed by atoms with Crippen LogP contribution in [0, 0.1) is 0 Å². The first-order valence-corrected chi connectivity index (χ1v) is 35.6. The van der Waals surface area contributed by atoms with Crippen molar-refractivity contribution < 1.29 is 66.7 Å². The van der Waals surface area contributed by atoms with Gasteiger partial charge in [0.1, 0.15) is 51.7 Å². The van der Waals surface area contributed by atoms with Gasteiger partial charge in [-0.15, -0.1) is 0 Å². The maximum atomic E-state index is 13.4. The molecule has 0 saturated heterocycles. The molecular weight excluding hydrogens is 1360 g/mol. The van der Waals surface area contributed by atoms with Gasteiger partial charge in [0.25, 0.3) is 0 Å². The number of aromatic amines is 1. The van der Waals surface area contributed by atoms with Crippen LogP contribution in [0.1, 0.15) is 125 Å². The number of anilines is 6. The lowest BCUT2D eigenvalue weighted by atomic mass is 9.91. The van der Waals surface area contributed by atoms with Gasteiger partial charge in [0.05, 0.1) is 56.2 Å². The number of aromatic nitrogens is 4. The normalized spacial score (nSPS) is 12.9. The van der Waals surface area contributed by atoms with E-state index >= 15 is 0 Å². The maximum Gasteiger partial charge on any atom is 0.224 e. The zero-order valence-electron chi connectivity index (χ0n) is 58.9. The lowest BCUT2D eigenvalue weighted by Crippen LogP contribution is -2.15. The number of hydrogen-bond donors (Lipinski definition) is 7. The average Bonchev–Trinajstić information content (AvgIpc) is 1.65. The van der Waals surface area contributed by atoms with Gasteiger partial charge in [0, 0.05) is 154 Å². The molecule has 1 aliphatic carbocycles. The molecule has 5 aliphatic rings. The van der Waals surface area contributed by atoms with Gasteiger partial charge in [0.2, 0.25) is 35.4 Å². The summed E-state index contributed by atoms with van der Waals surface area (Å²) in [5.74, 6) is 2.66. The van der Waals surface area contributed by atoms with E-state index in [1.54, 1.807) is 102 Å². The van der Waals surface area contributed by atoms with Gasteiger partial charge >= 0.3 is 0 Å². The summed E-state index contributed by atoms with van der Waals surface area (Å²) in [6.45, 7) is 10.3. The van der Waals surface area contributed by atoms with Crippen LogP contribution >= 0.6 is 0 Å². The van der Waals surface area contributed by atoms with Crippen molar-refractivity contribution >= 4 is 102 Å². The van der Waals surface area contributed by atoms with Gasteiger partial charge in [-0.2, -0.15) is 0 Å². The highest BCUT2D eigenvalue weighted by molar-refractivity contribution is 6.05. The van der Waals surface area contributed by atoms with E-state index in [4.69, 9.17) is 52.8 Å². The minimum absolute atomic E-state index is 0.115. The molecule has 3 aromatic heterocycles. The van der Waals surface area contributed by atoms with E-state index in [1.165, 1.54) is 0 Å². The van der Waals surface area contributed by atoms with E-state index in [0.717, 1.165) is 16.3 Å². The summed E-state index contributed by atoms with van der Waals surface area (Å²) in [6.07, 6.45) is 3.18. The van der Waals surface area contributed by atoms with Crippen LogP contribution in [-0.2, 0) is 54.5 Å². The molecule has 7 heterocycles. The van der Waals surface area contributed by atoms with Crippen molar-refractivity contribution in [3.05, 3.63) is 184 Å². The summed E-state index contributed by atoms with van der Waals surface area (Å²) in [7, 11) is 0. The van der Waals surface area contributed by atoms with Crippen molar-refractivity contribution in [1.82, 2.24) is 19.9 Å². The molecule has 24 heteroatoms. The van der Waals surface area contributed by atoms with Crippen LogP contribution in [0.3, 0.4) is 0 Å². The topological polar surface area (TPSA) is 303 Å². The SMILES string of the molecule is CCC(=O)Nc1cc2c(cc1NC(=O)CC)Oc1cc3c4cc1Cc1cc5c(cc1O2)Oc1cc(NC(=O)CC)c(NC(=O)CC)cc1Oc1cc2c(cc1C5)Cc1cc(c(cc1Oc1cc5[nH]c(-c6ccc7ccc8cccnc8c7n6)nc5cc1O2)Oc1cc(NC(=O)CC)c(NC(=O)CC)cc1O3)C4. The molecule has 107 heavy (non-hydrogen) atoms. The van der Waals surface area contributed by atoms with Gasteiger partial charge in [-0.3, -0.25) is 33.8 Å². The van der Waals surface area contributed by atoms with Gasteiger partial charge in [-0.05, 0) is 80.9 Å². The second kappa shape index (κ2) is 26.9. The van der Waals surface area contributed by atoms with Gasteiger partial charge < -0.3 is 74.8 Å². The Bertz CT molecular complexity index is 5580. The molecule has 4 aliphatic heterocycles. The molecule has 534 valence electrons. The monoisotopic (exact) mass is 1430 g/mol. The van der Waals surface area contributed by atoms with Crippen molar-refractivity contribution in [2.75, 3.05) is 31.9 Å². The highest BCUT2D eigenvalue weighted by Gasteiger charge is 2.33. The summed E-state index contributed by atoms with van der Waals surface area (Å²) >= 11 is 0. The Morgan fingerprint density at radius 2 is 0.598 bits per heavy atom. The molecule has 6 amide bonds. The molecule has 0 unspecified atom stereocenters. The molecule has 9 aromatic carbocycles. The predicted octanol–water partition coefficient (Wildman–Crippen LogP) is 18.7. The molecule has 8 bridgehead atoms. The van der Waals surface area contributed by atoms with Crippen LogP contribution < -0.4 is 69.8 Å². The quantitative estimate of drug-likeness (QED) is 0.0528. The fraction of sp³-hybridized carbons (Fsp3) is 0.193. The first kappa shape index (κ1) is 66.7. The number of benzene rings is 9. The number of nitrogens with one attached hydrogen (secondary N) is 7. The molecule has 0 saturated carbocycles. The second-order valence-electron chi connectivity index (χ2n) is 26.5. The van der Waals surface area contributed by atoms with E-state index in [9.17, 15) is 28.8 Å². The number of carbonyl (C=O) groups excluding carboxylic acids is 6. The predicted molar refractivity (Wildman–Crippen MR) is 403 cm³/mol. The van der Waals surface area contributed by atoms with Crippen molar-refractivity contribution in [1.29, 1.82) is 0 Å². The van der Waals surface area contributed by atoms with Crippen LogP contribution in [0.2, 0.25) is 0 Å². The van der Waals surface area contributed by atoms with Crippen molar-refractivity contribution in [2.45, 2.75) is 106 Å². The maximum absolute atomic E-state index is 13.4. The number of fused-ring (bicyclic) bond motifs is 8. The first-order chi connectivity index (χ1) is 52.0.